The Kier molecular flexibility index (Phi) is 8.89. The molecule has 0 aliphatic carbocycles. The fourth-order valence-electron chi connectivity index (χ4n) is 4.07. The molecule has 8 heteroatoms. The van der Waals surface area contributed by atoms with Crippen LogP contribution in [-0.4, -0.2) is 11.0 Å². The minimum absolute atomic E-state index is 0.200. The third-order valence-electron chi connectivity index (χ3n) is 5.94. The molecule has 0 saturated carbocycles. The van der Waals surface area contributed by atoms with Crippen molar-refractivity contribution in [1.82, 2.24) is 0 Å². The van der Waals surface area contributed by atoms with Crippen LogP contribution in [0.1, 0.15) is 16.4 Å². The lowest BCUT2D eigenvalue weighted by Crippen LogP contribution is -2.19. The Morgan fingerprint density at radius 3 is 2.12 bits per heavy atom. The molecule has 4 aromatic carbocycles. The molecule has 0 saturated heterocycles. The summed E-state index contributed by atoms with van der Waals surface area (Å²) in [6.45, 7) is 0. The van der Waals surface area contributed by atoms with Gasteiger partial charge in [-0.05, 0) is 53.7 Å². The number of anilines is 3. The summed E-state index contributed by atoms with van der Waals surface area (Å²) >= 11 is 8.28. The van der Waals surface area contributed by atoms with Gasteiger partial charge in [0.25, 0.3) is 0 Å². The number of nitrogens with zero attached hydrogens (tertiary/aromatic N) is 1. The molecule has 0 aliphatic rings. The second kappa shape index (κ2) is 13.1. The zero-order chi connectivity index (χ0) is 27.7. The molecule has 1 heterocycles. The molecule has 1 unspecified atom stereocenters. The molecule has 1 atom stereocenters. The summed E-state index contributed by atoms with van der Waals surface area (Å²) in [7, 11) is 0. The maximum atomic E-state index is 13.7. The highest BCUT2D eigenvalue weighted by Crippen LogP contribution is 2.40. The predicted octanol–water partition coefficient (Wildman–Crippen LogP) is 8.57. The third-order valence-corrected chi connectivity index (χ3v) is 8.29. The van der Waals surface area contributed by atoms with Gasteiger partial charge in [0.1, 0.15) is 16.3 Å². The Balaban J connectivity index is 1.35. The summed E-state index contributed by atoms with van der Waals surface area (Å²) in [4.78, 5) is 14.6. The molecular formula is C32H24N4OS3. The van der Waals surface area contributed by atoms with Gasteiger partial charge in [-0.3, -0.25) is 4.79 Å². The van der Waals surface area contributed by atoms with E-state index in [0.717, 1.165) is 33.0 Å². The van der Waals surface area contributed by atoms with Gasteiger partial charge in [-0.15, -0.1) is 23.1 Å². The van der Waals surface area contributed by atoms with Crippen LogP contribution in [0.5, 0.6) is 0 Å². The maximum Gasteiger partial charge on any atom is 0.243 e. The Morgan fingerprint density at radius 1 is 0.800 bits per heavy atom. The first-order valence-corrected chi connectivity index (χ1v) is 14.6. The minimum atomic E-state index is -0.542. The van der Waals surface area contributed by atoms with Crippen molar-refractivity contribution in [2.75, 3.05) is 16.0 Å². The molecule has 0 bridgehead atoms. The smallest absolute Gasteiger partial charge is 0.243 e. The molecular weight excluding hydrogens is 553 g/mol. The first-order chi connectivity index (χ1) is 19.6. The lowest BCUT2D eigenvalue weighted by molar-refractivity contribution is -0.115. The van der Waals surface area contributed by atoms with Gasteiger partial charge < -0.3 is 16.0 Å². The first-order valence-electron chi connectivity index (χ1n) is 12.4. The van der Waals surface area contributed by atoms with Gasteiger partial charge in [-0.25, -0.2) is 0 Å². The molecule has 3 N–H and O–H groups in total. The van der Waals surface area contributed by atoms with Crippen LogP contribution in [0.25, 0.3) is 11.1 Å². The topological polar surface area (TPSA) is 77.0 Å². The van der Waals surface area contributed by atoms with Gasteiger partial charge in [-0.1, -0.05) is 84.9 Å². The van der Waals surface area contributed by atoms with Crippen LogP contribution in [0.15, 0.2) is 126 Å². The van der Waals surface area contributed by atoms with Crippen LogP contribution in [0.4, 0.5) is 16.4 Å². The van der Waals surface area contributed by atoms with E-state index in [1.54, 1.807) is 0 Å². The molecule has 5 nitrogen and oxygen atoms in total. The van der Waals surface area contributed by atoms with E-state index in [0.29, 0.717) is 15.7 Å². The van der Waals surface area contributed by atoms with Gasteiger partial charge in [-0.2, -0.15) is 5.26 Å². The molecule has 5 rings (SSSR count). The molecule has 1 amide bonds. The summed E-state index contributed by atoms with van der Waals surface area (Å²) in [6.07, 6.45) is 0. The zero-order valence-corrected chi connectivity index (χ0v) is 23.7. The zero-order valence-electron chi connectivity index (χ0n) is 21.2. The van der Waals surface area contributed by atoms with E-state index >= 15 is 0 Å². The minimum Gasteiger partial charge on any atom is -0.332 e. The van der Waals surface area contributed by atoms with Crippen molar-refractivity contribution in [3.8, 4) is 17.2 Å². The van der Waals surface area contributed by atoms with Crippen LogP contribution in [0.3, 0.4) is 0 Å². The van der Waals surface area contributed by atoms with Crippen molar-refractivity contribution in [3.05, 3.63) is 132 Å². The molecule has 0 fully saturated rings. The molecule has 1 aromatic heterocycles. The summed E-state index contributed by atoms with van der Waals surface area (Å²) in [5.74, 6) is -0.200. The average Bonchev–Trinajstić information content (AvgIpc) is 3.39. The number of amides is 1. The van der Waals surface area contributed by atoms with E-state index in [2.05, 4.69) is 22.0 Å². The number of thioether (sulfide) groups is 1. The summed E-state index contributed by atoms with van der Waals surface area (Å²) in [5, 5.41) is 21.7. The fourth-order valence-corrected chi connectivity index (χ4v) is 6.31. The number of nitriles is 1. The highest BCUT2D eigenvalue weighted by Gasteiger charge is 2.25. The van der Waals surface area contributed by atoms with Crippen molar-refractivity contribution >= 4 is 62.7 Å². The lowest BCUT2D eigenvalue weighted by Gasteiger charge is -2.18. The average molecular weight is 577 g/mol. The van der Waals surface area contributed by atoms with Gasteiger partial charge in [0.15, 0.2) is 5.11 Å². The Hall–Kier alpha value is -4.42. The number of benzene rings is 4. The van der Waals surface area contributed by atoms with Gasteiger partial charge in [0, 0.05) is 27.2 Å². The monoisotopic (exact) mass is 576 g/mol. The van der Waals surface area contributed by atoms with Crippen LogP contribution >= 0.6 is 35.3 Å². The van der Waals surface area contributed by atoms with Crippen LogP contribution in [-0.2, 0) is 4.79 Å². The molecule has 196 valence electrons. The number of hydrogen-bond acceptors (Lipinski definition) is 5. The number of rotatable bonds is 8. The summed E-state index contributed by atoms with van der Waals surface area (Å²) < 4.78 is 0. The largest absolute Gasteiger partial charge is 0.332 e. The van der Waals surface area contributed by atoms with Crippen molar-refractivity contribution in [2.45, 2.75) is 10.1 Å². The van der Waals surface area contributed by atoms with Crippen molar-refractivity contribution in [1.29, 1.82) is 5.26 Å². The van der Waals surface area contributed by atoms with E-state index in [1.807, 2.05) is 121 Å². The quantitative estimate of drug-likeness (QED) is 0.127. The second-order valence-corrected chi connectivity index (χ2v) is 11.2. The summed E-state index contributed by atoms with van der Waals surface area (Å²) in [5.41, 5.74) is 4.78. The fraction of sp³-hybridized carbons (Fsp3) is 0.0312. The van der Waals surface area contributed by atoms with Gasteiger partial charge >= 0.3 is 0 Å². The molecule has 0 radical (unpaired) electrons. The Morgan fingerprint density at radius 2 is 1.43 bits per heavy atom. The van der Waals surface area contributed by atoms with Crippen LogP contribution < -0.4 is 16.0 Å². The van der Waals surface area contributed by atoms with E-state index < -0.39 is 5.25 Å². The maximum absolute atomic E-state index is 13.7. The van der Waals surface area contributed by atoms with Crippen molar-refractivity contribution in [3.63, 3.8) is 0 Å². The number of carbonyl (C=O) groups is 1. The molecule has 0 aliphatic heterocycles. The number of thiocarbonyl (C=S) groups is 1. The summed E-state index contributed by atoms with van der Waals surface area (Å²) in [6, 6.07) is 39.1. The van der Waals surface area contributed by atoms with E-state index in [9.17, 15) is 10.1 Å². The molecule has 0 spiro atoms. The number of thiophene rings is 1. The predicted molar refractivity (Wildman–Crippen MR) is 171 cm³/mol. The van der Waals surface area contributed by atoms with Crippen molar-refractivity contribution < 1.29 is 4.79 Å². The van der Waals surface area contributed by atoms with Gasteiger partial charge in [0.2, 0.25) is 5.91 Å². The van der Waals surface area contributed by atoms with Crippen molar-refractivity contribution in [2.24, 2.45) is 0 Å². The normalized spacial score (nSPS) is 11.2. The highest BCUT2D eigenvalue weighted by molar-refractivity contribution is 8.00. The number of nitrogens with one attached hydrogen (secondary N) is 3. The number of para-hydroxylation sites is 1. The number of carbonyl (C=O) groups excluding carboxylic acids is 1. The Labute approximate surface area is 246 Å². The van der Waals surface area contributed by atoms with E-state index in [4.69, 9.17) is 12.2 Å². The lowest BCUT2D eigenvalue weighted by atomic mass is 10.1. The standard InChI is InChI=1S/C32H24N4OS3/c33-20-27-28(22-11-4-1-5-12-22)21-39-31(27)36-30(37)29(23-13-6-2-7-14-23)40-26-18-10-17-25(19-26)35-32(38)34-24-15-8-3-9-16-24/h1-19,21,29H,(H,36,37)(H2,34,35,38). The van der Waals surface area contributed by atoms with Crippen LogP contribution in [0, 0.1) is 11.3 Å². The Bertz CT molecular complexity index is 1650. The van der Waals surface area contributed by atoms with Gasteiger partial charge in [0.05, 0.1) is 5.56 Å². The second-order valence-electron chi connectivity index (χ2n) is 8.70. The van der Waals surface area contributed by atoms with E-state index in [1.165, 1.54) is 23.1 Å². The molecule has 5 aromatic rings. The molecule has 40 heavy (non-hydrogen) atoms. The first kappa shape index (κ1) is 27.2. The SMILES string of the molecule is N#Cc1c(-c2ccccc2)csc1NC(=O)C(Sc1cccc(NC(=S)Nc2ccccc2)c1)c1ccccc1. The number of hydrogen-bond donors (Lipinski definition) is 3. The van der Waals surface area contributed by atoms with Crippen LogP contribution in [0.2, 0.25) is 0 Å². The third kappa shape index (κ3) is 6.77. The highest BCUT2D eigenvalue weighted by atomic mass is 32.2. The van der Waals surface area contributed by atoms with E-state index in [-0.39, 0.29) is 5.91 Å².